The van der Waals surface area contributed by atoms with Gasteiger partial charge in [-0.1, -0.05) is 22.0 Å². The Morgan fingerprint density at radius 3 is 2.54 bits per heavy atom. The van der Waals surface area contributed by atoms with Crippen molar-refractivity contribution in [3.8, 4) is 0 Å². The van der Waals surface area contributed by atoms with Crippen LogP contribution in [0.15, 0.2) is 57.9 Å². The molecule has 1 unspecified atom stereocenters. The quantitative estimate of drug-likeness (QED) is 0.706. The highest BCUT2D eigenvalue weighted by molar-refractivity contribution is 9.10. The highest BCUT2D eigenvalue weighted by Gasteiger charge is 2.33. The normalized spacial score (nSPS) is 17.8. The number of halogens is 1. The second-order valence-electron chi connectivity index (χ2n) is 6.59. The number of carbonyl (C=O) groups is 2. The number of nitrogens with two attached hydrogens (primary N) is 1. The number of benzene rings is 2. The van der Waals surface area contributed by atoms with Gasteiger partial charge < -0.3 is 11.1 Å². The molecule has 2 aromatic carbocycles. The van der Waals surface area contributed by atoms with Crippen LogP contribution in [0.3, 0.4) is 0 Å². The zero-order valence-corrected chi connectivity index (χ0v) is 17.4. The predicted molar refractivity (Wildman–Crippen MR) is 109 cm³/mol. The van der Waals surface area contributed by atoms with Crippen LogP contribution in [0.1, 0.15) is 23.2 Å². The van der Waals surface area contributed by atoms with Crippen LogP contribution in [-0.2, 0) is 14.8 Å². The first-order chi connectivity index (χ1) is 13.3. The minimum atomic E-state index is -3.66. The Bertz CT molecular complexity index is 992. The molecule has 7 nitrogen and oxygen atoms in total. The van der Waals surface area contributed by atoms with E-state index in [4.69, 9.17) is 5.73 Å². The molecule has 9 heteroatoms. The van der Waals surface area contributed by atoms with Gasteiger partial charge in [-0.3, -0.25) is 9.59 Å². The number of hydrogen-bond acceptors (Lipinski definition) is 4. The lowest BCUT2D eigenvalue weighted by Crippen LogP contribution is -2.43. The summed E-state index contributed by atoms with van der Waals surface area (Å²) in [5.74, 6) is -1.34. The van der Waals surface area contributed by atoms with E-state index in [2.05, 4.69) is 21.2 Å². The maximum atomic E-state index is 12.9. The molecule has 1 atom stereocenters. The highest BCUT2D eigenvalue weighted by Crippen LogP contribution is 2.25. The Morgan fingerprint density at radius 1 is 1.14 bits per heavy atom. The zero-order valence-electron chi connectivity index (χ0n) is 15.0. The number of nitrogens with zero attached hydrogens (tertiary/aromatic N) is 1. The van der Waals surface area contributed by atoms with Gasteiger partial charge in [0.05, 0.1) is 10.8 Å². The molecular formula is C19H20BrN3O4S. The topological polar surface area (TPSA) is 110 Å². The molecule has 0 aliphatic carbocycles. The summed E-state index contributed by atoms with van der Waals surface area (Å²) in [5, 5.41) is 2.75. The summed E-state index contributed by atoms with van der Waals surface area (Å²) in [6.07, 6.45) is 1.18. The Kier molecular flexibility index (Phi) is 6.17. The van der Waals surface area contributed by atoms with E-state index >= 15 is 0 Å². The lowest BCUT2D eigenvalue weighted by atomic mass is 9.98. The highest BCUT2D eigenvalue weighted by atomic mass is 79.9. The minimum Gasteiger partial charge on any atom is -0.366 e. The molecule has 148 valence electrons. The molecule has 0 radical (unpaired) electrons. The van der Waals surface area contributed by atoms with Crippen LogP contribution >= 0.6 is 15.9 Å². The van der Waals surface area contributed by atoms with Crippen molar-refractivity contribution >= 4 is 43.5 Å². The van der Waals surface area contributed by atoms with E-state index in [1.165, 1.54) is 10.4 Å². The molecule has 1 aliphatic rings. The third kappa shape index (κ3) is 4.60. The van der Waals surface area contributed by atoms with Crippen molar-refractivity contribution in [3.63, 3.8) is 0 Å². The summed E-state index contributed by atoms with van der Waals surface area (Å²) in [5.41, 5.74) is 6.00. The Morgan fingerprint density at radius 2 is 1.86 bits per heavy atom. The van der Waals surface area contributed by atoms with E-state index in [1.807, 2.05) is 0 Å². The molecule has 2 amide bonds. The molecule has 0 bridgehead atoms. The number of rotatable bonds is 5. The standard InChI is InChI=1S/C19H20BrN3O4S/c20-15-6-8-17(9-7-15)28(26,27)23-10-2-4-14(12-23)19(25)22-16-5-1-3-13(11-16)18(21)24/h1,3,5-9,11,14H,2,4,10,12H2,(H2,21,24)(H,22,25). The van der Waals surface area contributed by atoms with Gasteiger partial charge in [0.15, 0.2) is 0 Å². The lowest BCUT2D eigenvalue weighted by Gasteiger charge is -2.31. The average molecular weight is 466 g/mol. The summed E-state index contributed by atoms with van der Waals surface area (Å²) in [7, 11) is -3.66. The fourth-order valence-corrected chi connectivity index (χ4v) is 4.91. The molecule has 0 saturated carbocycles. The summed E-state index contributed by atoms with van der Waals surface area (Å²) in [4.78, 5) is 24.1. The van der Waals surface area contributed by atoms with Crippen LogP contribution in [0.25, 0.3) is 0 Å². The Hall–Kier alpha value is -2.23. The van der Waals surface area contributed by atoms with E-state index in [1.54, 1.807) is 42.5 Å². The van der Waals surface area contributed by atoms with Crippen LogP contribution in [0.5, 0.6) is 0 Å². The van der Waals surface area contributed by atoms with Gasteiger partial charge in [-0.15, -0.1) is 0 Å². The maximum Gasteiger partial charge on any atom is 0.248 e. The summed E-state index contributed by atoms with van der Waals surface area (Å²) < 4.78 is 27.9. The number of amides is 2. The van der Waals surface area contributed by atoms with Gasteiger partial charge in [0.1, 0.15) is 0 Å². The maximum absolute atomic E-state index is 12.9. The SMILES string of the molecule is NC(=O)c1cccc(NC(=O)C2CCCN(S(=O)(=O)c3ccc(Br)cc3)C2)c1. The summed E-state index contributed by atoms with van der Waals surface area (Å²) in [6.45, 7) is 0.485. The van der Waals surface area contributed by atoms with Crippen molar-refractivity contribution in [1.82, 2.24) is 4.31 Å². The van der Waals surface area contributed by atoms with Gasteiger partial charge in [-0.05, 0) is 55.3 Å². The van der Waals surface area contributed by atoms with Crippen molar-refractivity contribution < 1.29 is 18.0 Å². The van der Waals surface area contributed by atoms with E-state index < -0.39 is 21.8 Å². The molecule has 2 aromatic rings. The first-order valence-corrected chi connectivity index (χ1v) is 11.0. The van der Waals surface area contributed by atoms with Crippen molar-refractivity contribution in [2.45, 2.75) is 17.7 Å². The van der Waals surface area contributed by atoms with Crippen molar-refractivity contribution in [2.24, 2.45) is 11.7 Å². The fourth-order valence-electron chi connectivity index (χ4n) is 3.12. The molecule has 0 spiro atoms. The minimum absolute atomic E-state index is 0.111. The van der Waals surface area contributed by atoms with Gasteiger partial charge in [-0.2, -0.15) is 4.31 Å². The second-order valence-corrected chi connectivity index (χ2v) is 9.44. The van der Waals surface area contributed by atoms with E-state index in [0.29, 0.717) is 30.6 Å². The molecular weight excluding hydrogens is 446 g/mol. The van der Waals surface area contributed by atoms with Crippen LogP contribution in [0.4, 0.5) is 5.69 Å². The molecule has 1 aliphatic heterocycles. The largest absolute Gasteiger partial charge is 0.366 e. The summed E-state index contributed by atoms with van der Waals surface area (Å²) in [6, 6.07) is 12.8. The van der Waals surface area contributed by atoms with Gasteiger partial charge in [-0.25, -0.2) is 8.42 Å². The third-order valence-corrected chi connectivity index (χ3v) is 7.03. The monoisotopic (exact) mass is 465 g/mol. The molecule has 1 fully saturated rings. The molecule has 1 heterocycles. The number of sulfonamides is 1. The van der Waals surface area contributed by atoms with Gasteiger partial charge >= 0.3 is 0 Å². The summed E-state index contributed by atoms with van der Waals surface area (Å²) >= 11 is 3.29. The second kappa shape index (κ2) is 8.42. The van der Waals surface area contributed by atoms with E-state index in [0.717, 1.165) is 4.47 Å². The molecule has 3 rings (SSSR count). The number of hydrogen-bond donors (Lipinski definition) is 2. The van der Waals surface area contributed by atoms with Crippen molar-refractivity contribution in [2.75, 3.05) is 18.4 Å². The predicted octanol–water partition coefficient (Wildman–Crippen LogP) is 2.59. The molecule has 0 aromatic heterocycles. The molecule has 3 N–H and O–H groups in total. The number of primary amides is 1. The van der Waals surface area contributed by atoms with Crippen LogP contribution in [-0.4, -0.2) is 37.6 Å². The number of piperidine rings is 1. The molecule has 1 saturated heterocycles. The number of nitrogens with one attached hydrogen (secondary N) is 1. The van der Waals surface area contributed by atoms with E-state index in [9.17, 15) is 18.0 Å². The average Bonchev–Trinajstić information content (AvgIpc) is 2.68. The van der Waals surface area contributed by atoms with Crippen LogP contribution < -0.4 is 11.1 Å². The first kappa shape index (κ1) is 20.5. The number of carbonyl (C=O) groups excluding carboxylic acids is 2. The Labute approximate surface area is 172 Å². The van der Waals surface area contributed by atoms with Crippen molar-refractivity contribution in [1.29, 1.82) is 0 Å². The third-order valence-electron chi connectivity index (χ3n) is 4.62. The smallest absolute Gasteiger partial charge is 0.248 e. The number of anilines is 1. The first-order valence-electron chi connectivity index (χ1n) is 8.74. The van der Waals surface area contributed by atoms with Crippen LogP contribution in [0, 0.1) is 5.92 Å². The zero-order chi connectivity index (χ0) is 20.3. The van der Waals surface area contributed by atoms with Gasteiger partial charge in [0.2, 0.25) is 21.8 Å². The van der Waals surface area contributed by atoms with Crippen LogP contribution in [0.2, 0.25) is 0 Å². The van der Waals surface area contributed by atoms with E-state index in [-0.39, 0.29) is 17.3 Å². The lowest BCUT2D eigenvalue weighted by molar-refractivity contribution is -0.120. The Balaban J connectivity index is 1.72. The molecule has 28 heavy (non-hydrogen) atoms. The van der Waals surface area contributed by atoms with Crippen molar-refractivity contribution in [3.05, 3.63) is 58.6 Å². The van der Waals surface area contributed by atoms with Gasteiger partial charge in [0.25, 0.3) is 0 Å². The fraction of sp³-hybridized carbons (Fsp3) is 0.263. The van der Waals surface area contributed by atoms with Gasteiger partial charge in [0, 0.05) is 28.8 Å².